The summed E-state index contributed by atoms with van der Waals surface area (Å²) < 4.78 is 16.0. The van der Waals surface area contributed by atoms with Crippen LogP contribution in [0.5, 0.6) is 5.75 Å². The van der Waals surface area contributed by atoms with E-state index in [2.05, 4.69) is 5.32 Å². The van der Waals surface area contributed by atoms with Crippen molar-refractivity contribution in [3.05, 3.63) is 59.7 Å². The summed E-state index contributed by atoms with van der Waals surface area (Å²) in [5.41, 5.74) is 1.30. The van der Waals surface area contributed by atoms with E-state index in [9.17, 15) is 9.59 Å². The molecule has 1 unspecified atom stereocenters. The number of rotatable bonds is 6. The van der Waals surface area contributed by atoms with Crippen molar-refractivity contribution in [1.82, 2.24) is 0 Å². The molecule has 0 aromatic heterocycles. The first-order valence-electron chi connectivity index (χ1n) is 8.50. The van der Waals surface area contributed by atoms with Crippen LogP contribution in [0.4, 0.5) is 5.69 Å². The van der Waals surface area contributed by atoms with Crippen LogP contribution in [0.2, 0.25) is 0 Å². The molecule has 1 aliphatic rings. The summed E-state index contributed by atoms with van der Waals surface area (Å²) >= 11 is 0. The minimum absolute atomic E-state index is 0.0721. The number of nitrogens with one attached hydrogen (secondary N) is 1. The maximum Gasteiger partial charge on any atom is 0.337 e. The molecular weight excluding hydrogens is 334 g/mol. The molecule has 1 amide bonds. The Morgan fingerprint density at radius 1 is 1.19 bits per heavy atom. The minimum Gasteiger partial charge on any atom is -0.490 e. The van der Waals surface area contributed by atoms with Crippen LogP contribution >= 0.6 is 0 Å². The average Bonchev–Trinajstić information content (AvgIpc) is 3.19. The lowest BCUT2D eigenvalue weighted by atomic mass is 10.1. The summed E-state index contributed by atoms with van der Waals surface area (Å²) in [6.07, 6.45) is 2.07. The Balaban J connectivity index is 1.70. The molecule has 1 atom stereocenters. The molecular formula is C20H21NO5. The van der Waals surface area contributed by atoms with E-state index in [0.717, 1.165) is 19.4 Å². The van der Waals surface area contributed by atoms with E-state index in [1.54, 1.807) is 42.5 Å². The molecule has 0 spiro atoms. The van der Waals surface area contributed by atoms with Gasteiger partial charge in [0.2, 0.25) is 0 Å². The van der Waals surface area contributed by atoms with E-state index in [0.29, 0.717) is 29.2 Å². The summed E-state index contributed by atoms with van der Waals surface area (Å²) in [5, 5.41) is 2.79. The fourth-order valence-corrected chi connectivity index (χ4v) is 2.78. The number of hydrogen-bond acceptors (Lipinski definition) is 5. The molecule has 3 rings (SSSR count). The Morgan fingerprint density at radius 3 is 2.81 bits per heavy atom. The number of benzene rings is 2. The second kappa shape index (κ2) is 8.49. The Morgan fingerprint density at radius 2 is 2.04 bits per heavy atom. The summed E-state index contributed by atoms with van der Waals surface area (Å²) in [6.45, 7) is 1.18. The molecule has 0 radical (unpaired) electrons. The van der Waals surface area contributed by atoms with Crippen molar-refractivity contribution in [2.75, 3.05) is 25.6 Å². The van der Waals surface area contributed by atoms with Gasteiger partial charge in [-0.15, -0.1) is 0 Å². The van der Waals surface area contributed by atoms with Crippen LogP contribution in [0.1, 0.15) is 33.6 Å². The zero-order valence-electron chi connectivity index (χ0n) is 14.6. The van der Waals surface area contributed by atoms with Crippen LogP contribution in [-0.2, 0) is 9.47 Å². The van der Waals surface area contributed by atoms with Crippen molar-refractivity contribution in [1.29, 1.82) is 0 Å². The van der Waals surface area contributed by atoms with Gasteiger partial charge in [-0.2, -0.15) is 0 Å². The van der Waals surface area contributed by atoms with Crippen LogP contribution in [0, 0.1) is 0 Å². The highest BCUT2D eigenvalue weighted by Gasteiger charge is 2.18. The molecule has 26 heavy (non-hydrogen) atoms. The van der Waals surface area contributed by atoms with Gasteiger partial charge in [0, 0.05) is 12.3 Å². The van der Waals surface area contributed by atoms with Gasteiger partial charge in [-0.3, -0.25) is 4.79 Å². The number of carbonyl (C=O) groups excluding carboxylic acids is 2. The van der Waals surface area contributed by atoms with Crippen LogP contribution in [0.15, 0.2) is 48.5 Å². The monoisotopic (exact) mass is 355 g/mol. The summed E-state index contributed by atoms with van der Waals surface area (Å²) in [6, 6.07) is 13.6. The predicted octanol–water partition coefficient (Wildman–Crippen LogP) is 3.28. The van der Waals surface area contributed by atoms with Gasteiger partial charge in [0.1, 0.15) is 12.4 Å². The van der Waals surface area contributed by atoms with Gasteiger partial charge in [0.05, 0.1) is 24.3 Å². The van der Waals surface area contributed by atoms with E-state index in [1.165, 1.54) is 7.11 Å². The lowest BCUT2D eigenvalue weighted by Gasteiger charge is -2.14. The molecule has 1 aliphatic heterocycles. The molecule has 2 aromatic rings. The number of esters is 1. The molecule has 6 nitrogen and oxygen atoms in total. The zero-order valence-corrected chi connectivity index (χ0v) is 14.6. The van der Waals surface area contributed by atoms with Crippen LogP contribution < -0.4 is 10.1 Å². The van der Waals surface area contributed by atoms with E-state index < -0.39 is 5.97 Å². The van der Waals surface area contributed by atoms with Gasteiger partial charge < -0.3 is 19.5 Å². The molecule has 6 heteroatoms. The topological polar surface area (TPSA) is 73.9 Å². The molecule has 0 aliphatic carbocycles. The van der Waals surface area contributed by atoms with Gasteiger partial charge >= 0.3 is 5.97 Å². The largest absolute Gasteiger partial charge is 0.490 e. The van der Waals surface area contributed by atoms with Crippen LogP contribution in [0.25, 0.3) is 0 Å². The van der Waals surface area contributed by atoms with E-state index in [4.69, 9.17) is 14.2 Å². The number of methoxy groups -OCH3 is 1. The van der Waals surface area contributed by atoms with Gasteiger partial charge in [-0.05, 0) is 43.2 Å². The van der Waals surface area contributed by atoms with Gasteiger partial charge in [0.25, 0.3) is 5.91 Å². The Bertz CT molecular complexity index is 783. The second-order valence-electron chi connectivity index (χ2n) is 5.97. The molecule has 1 fully saturated rings. The highest BCUT2D eigenvalue weighted by Crippen LogP contribution is 2.22. The van der Waals surface area contributed by atoms with Crippen LogP contribution in [-0.4, -0.2) is 38.3 Å². The first-order valence-corrected chi connectivity index (χ1v) is 8.50. The lowest BCUT2D eigenvalue weighted by Crippen LogP contribution is -2.19. The smallest absolute Gasteiger partial charge is 0.337 e. The van der Waals surface area contributed by atoms with Gasteiger partial charge in [-0.1, -0.05) is 18.2 Å². The second-order valence-corrected chi connectivity index (χ2v) is 5.97. The number of hydrogen-bond donors (Lipinski definition) is 1. The summed E-state index contributed by atoms with van der Waals surface area (Å²) in [4.78, 5) is 24.3. The Kier molecular flexibility index (Phi) is 5.86. The fraction of sp³-hybridized carbons (Fsp3) is 0.300. The zero-order chi connectivity index (χ0) is 18.4. The summed E-state index contributed by atoms with van der Waals surface area (Å²) in [5.74, 6) is -0.263. The third-order valence-corrected chi connectivity index (χ3v) is 4.12. The van der Waals surface area contributed by atoms with Crippen molar-refractivity contribution in [3.8, 4) is 5.75 Å². The standard InChI is InChI=1S/C20H21NO5/c1-24-20(23)14-6-4-7-15(12-14)21-19(22)17-9-2-3-10-18(17)26-13-16-8-5-11-25-16/h2-4,6-7,9-10,12,16H,5,8,11,13H2,1H3,(H,21,22). The maximum atomic E-state index is 12.6. The number of ether oxygens (including phenoxy) is 3. The third-order valence-electron chi connectivity index (χ3n) is 4.12. The van der Waals surface area contributed by atoms with Gasteiger partial charge in [0.15, 0.2) is 0 Å². The van der Waals surface area contributed by atoms with E-state index in [-0.39, 0.29) is 12.0 Å². The number of anilines is 1. The van der Waals surface area contributed by atoms with Crippen molar-refractivity contribution >= 4 is 17.6 Å². The van der Waals surface area contributed by atoms with Crippen LogP contribution in [0.3, 0.4) is 0 Å². The molecule has 2 aromatic carbocycles. The summed E-state index contributed by atoms with van der Waals surface area (Å²) in [7, 11) is 1.31. The fourth-order valence-electron chi connectivity index (χ4n) is 2.78. The highest BCUT2D eigenvalue weighted by atomic mass is 16.5. The number of para-hydroxylation sites is 1. The van der Waals surface area contributed by atoms with Crippen molar-refractivity contribution in [2.24, 2.45) is 0 Å². The predicted molar refractivity (Wildman–Crippen MR) is 96.6 cm³/mol. The Hall–Kier alpha value is -2.86. The highest BCUT2D eigenvalue weighted by molar-refractivity contribution is 6.06. The molecule has 1 heterocycles. The van der Waals surface area contributed by atoms with E-state index in [1.807, 2.05) is 6.07 Å². The van der Waals surface area contributed by atoms with Crippen molar-refractivity contribution in [3.63, 3.8) is 0 Å². The van der Waals surface area contributed by atoms with Crippen molar-refractivity contribution < 1.29 is 23.8 Å². The number of amides is 1. The molecule has 1 saturated heterocycles. The third kappa shape index (κ3) is 4.40. The molecule has 0 bridgehead atoms. The Labute approximate surface area is 152 Å². The molecule has 136 valence electrons. The molecule has 1 N–H and O–H groups in total. The first-order chi connectivity index (χ1) is 12.7. The quantitative estimate of drug-likeness (QED) is 0.805. The minimum atomic E-state index is -0.457. The van der Waals surface area contributed by atoms with Crippen molar-refractivity contribution in [2.45, 2.75) is 18.9 Å². The maximum absolute atomic E-state index is 12.6. The van der Waals surface area contributed by atoms with E-state index >= 15 is 0 Å². The molecule has 0 saturated carbocycles. The normalized spacial score (nSPS) is 16.1. The van der Waals surface area contributed by atoms with Gasteiger partial charge in [-0.25, -0.2) is 4.79 Å². The first kappa shape index (κ1) is 17.9. The average molecular weight is 355 g/mol. The number of carbonyl (C=O) groups is 2. The lowest BCUT2D eigenvalue weighted by molar-refractivity contribution is 0.0600. The SMILES string of the molecule is COC(=O)c1cccc(NC(=O)c2ccccc2OCC2CCCO2)c1.